The molecule has 3 atom stereocenters. The van der Waals surface area contributed by atoms with Gasteiger partial charge in [0, 0.05) is 74.8 Å². The fourth-order valence-electron chi connectivity index (χ4n) is 6.17. The lowest BCUT2D eigenvalue weighted by atomic mass is 9.99. The number of nitrogens with zero attached hydrogens (tertiary/aromatic N) is 5. The van der Waals surface area contributed by atoms with Gasteiger partial charge in [0.15, 0.2) is 0 Å². The molecule has 3 unspecified atom stereocenters. The number of β-amino-alcohol motifs (C(OH)–C–C–N with tert-alkyl or cyclic N) is 1. The third kappa shape index (κ3) is 3.92. The number of hydrogen-bond donors (Lipinski definition) is 2. The molecular formula is C28H32N6O. The van der Waals surface area contributed by atoms with E-state index in [9.17, 15) is 10.4 Å². The zero-order chi connectivity index (χ0) is 24.2. The predicted octanol–water partition coefficient (Wildman–Crippen LogP) is 3.03. The molecule has 35 heavy (non-hydrogen) atoms. The van der Waals surface area contributed by atoms with Crippen LogP contribution in [0.15, 0.2) is 48.7 Å². The zero-order valence-corrected chi connectivity index (χ0v) is 20.4. The van der Waals surface area contributed by atoms with E-state index in [2.05, 4.69) is 68.3 Å². The molecule has 7 nitrogen and oxygen atoms in total. The van der Waals surface area contributed by atoms with Crippen molar-refractivity contribution in [2.75, 3.05) is 49.1 Å². The van der Waals surface area contributed by atoms with Crippen LogP contribution < -0.4 is 15.1 Å². The highest BCUT2D eigenvalue weighted by Gasteiger charge is 2.39. The minimum absolute atomic E-state index is 0.332. The van der Waals surface area contributed by atoms with Crippen molar-refractivity contribution in [3.05, 3.63) is 65.4 Å². The summed E-state index contributed by atoms with van der Waals surface area (Å²) in [6, 6.07) is 17.9. The van der Waals surface area contributed by atoms with Crippen LogP contribution in [0.1, 0.15) is 36.6 Å². The largest absolute Gasteiger partial charge is 0.387 e. The number of nitrogens with one attached hydrogen (secondary N) is 1. The highest BCUT2D eigenvalue weighted by atomic mass is 16.3. The van der Waals surface area contributed by atoms with Crippen molar-refractivity contribution < 1.29 is 5.11 Å². The number of aromatic nitrogens is 1. The molecule has 3 aromatic rings. The lowest BCUT2D eigenvalue weighted by molar-refractivity contribution is 0.0729. The number of hydrogen-bond acceptors (Lipinski definition) is 7. The molecule has 3 aliphatic rings. The van der Waals surface area contributed by atoms with Crippen LogP contribution in [0.3, 0.4) is 0 Å². The Kier molecular flexibility index (Phi) is 5.41. The summed E-state index contributed by atoms with van der Waals surface area (Å²) in [7, 11) is 0. The van der Waals surface area contributed by atoms with Crippen molar-refractivity contribution in [2.24, 2.45) is 0 Å². The molecule has 0 saturated carbocycles. The third-order valence-corrected chi connectivity index (χ3v) is 7.85. The number of pyridine rings is 1. The molecule has 0 radical (unpaired) electrons. The minimum Gasteiger partial charge on any atom is -0.387 e. The summed E-state index contributed by atoms with van der Waals surface area (Å²) >= 11 is 0. The lowest BCUT2D eigenvalue weighted by Gasteiger charge is -2.44. The van der Waals surface area contributed by atoms with Crippen LogP contribution in [-0.4, -0.2) is 65.9 Å². The SMILES string of the molecule is CC1CN(c2ccc(C#N)c3ncccc23)CC2c3ccc(N4CCNCC(C)(O)C4)cc3CN12. The molecular weight excluding hydrogens is 436 g/mol. The molecule has 0 amide bonds. The molecule has 2 fully saturated rings. The summed E-state index contributed by atoms with van der Waals surface area (Å²) in [5.41, 5.74) is 5.81. The standard InChI is InChI=1S/C28H32N6O/c1-19-14-33(25-8-5-20(13-29)27-24(25)4-3-9-31-27)16-26-23-7-6-22(12-21(23)15-34(19)26)32-11-10-30-17-28(2,35)18-32/h3-9,12,19,26,30,35H,10-11,14-18H2,1-2H3. The Bertz CT molecular complexity index is 1310. The average Bonchev–Trinajstić information content (AvgIpc) is 3.13. The van der Waals surface area contributed by atoms with Crippen molar-refractivity contribution >= 4 is 22.3 Å². The van der Waals surface area contributed by atoms with Crippen LogP contribution in [0.5, 0.6) is 0 Å². The third-order valence-electron chi connectivity index (χ3n) is 7.85. The lowest BCUT2D eigenvalue weighted by Crippen LogP contribution is -2.51. The summed E-state index contributed by atoms with van der Waals surface area (Å²) in [6.07, 6.45) is 1.76. The van der Waals surface area contributed by atoms with Crippen molar-refractivity contribution in [3.63, 3.8) is 0 Å². The molecule has 1 aromatic heterocycles. The summed E-state index contributed by atoms with van der Waals surface area (Å²) < 4.78 is 0. The molecule has 4 heterocycles. The van der Waals surface area contributed by atoms with Crippen LogP contribution in [0.4, 0.5) is 11.4 Å². The van der Waals surface area contributed by atoms with Crippen LogP contribution in [-0.2, 0) is 6.54 Å². The molecule has 180 valence electrons. The van der Waals surface area contributed by atoms with Gasteiger partial charge in [-0.3, -0.25) is 9.88 Å². The maximum absolute atomic E-state index is 10.7. The Hall–Kier alpha value is -3.18. The molecule has 2 saturated heterocycles. The monoisotopic (exact) mass is 468 g/mol. The first kappa shape index (κ1) is 22.3. The van der Waals surface area contributed by atoms with Crippen molar-refractivity contribution in [3.8, 4) is 6.07 Å². The van der Waals surface area contributed by atoms with Crippen LogP contribution in [0.2, 0.25) is 0 Å². The van der Waals surface area contributed by atoms with E-state index >= 15 is 0 Å². The molecule has 3 aliphatic heterocycles. The first-order valence-corrected chi connectivity index (χ1v) is 12.5. The summed E-state index contributed by atoms with van der Waals surface area (Å²) in [5, 5.41) is 24.6. The molecule has 0 aliphatic carbocycles. The molecule has 7 heteroatoms. The van der Waals surface area contributed by atoms with E-state index in [1.807, 2.05) is 19.1 Å². The Morgan fingerprint density at radius 3 is 2.91 bits per heavy atom. The molecule has 2 N–H and O–H groups in total. The van der Waals surface area contributed by atoms with Gasteiger partial charge in [-0.25, -0.2) is 0 Å². The second kappa shape index (κ2) is 8.49. The molecule has 2 aromatic carbocycles. The van der Waals surface area contributed by atoms with Crippen molar-refractivity contribution in [2.45, 2.75) is 38.1 Å². The minimum atomic E-state index is -0.735. The molecule has 6 rings (SSSR count). The van der Waals surface area contributed by atoms with E-state index in [0.29, 0.717) is 30.7 Å². The smallest absolute Gasteiger partial charge is 0.101 e. The maximum Gasteiger partial charge on any atom is 0.101 e. The van der Waals surface area contributed by atoms with Gasteiger partial charge in [-0.2, -0.15) is 5.26 Å². The number of benzene rings is 2. The second-order valence-electron chi connectivity index (χ2n) is 10.6. The van der Waals surface area contributed by atoms with Crippen LogP contribution in [0, 0.1) is 11.3 Å². The predicted molar refractivity (Wildman–Crippen MR) is 139 cm³/mol. The number of rotatable bonds is 2. The number of piperazine rings is 1. The fraction of sp³-hybridized carbons (Fsp3) is 0.429. The van der Waals surface area contributed by atoms with Crippen molar-refractivity contribution in [1.29, 1.82) is 5.26 Å². The maximum atomic E-state index is 10.7. The first-order valence-electron chi connectivity index (χ1n) is 12.5. The van der Waals surface area contributed by atoms with E-state index in [4.69, 9.17) is 0 Å². The van der Waals surface area contributed by atoms with Gasteiger partial charge in [0.05, 0.1) is 22.7 Å². The normalized spacial score (nSPS) is 26.8. The highest BCUT2D eigenvalue weighted by Crippen LogP contribution is 2.42. The number of anilines is 2. The Balaban J connectivity index is 1.31. The van der Waals surface area contributed by atoms with Gasteiger partial charge in [0.2, 0.25) is 0 Å². The van der Waals surface area contributed by atoms with Crippen molar-refractivity contribution in [1.82, 2.24) is 15.2 Å². The Morgan fingerprint density at radius 2 is 2.06 bits per heavy atom. The van der Waals surface area contributed by atoms with Gasteiger partial charge in [0.25, 0.3) is 0 Å². The quantitative estimate of drug-likeness (QED) is 0.599. The van der Waals surface area contributed by atoms with E-state index in [0.717, 1.165) is 49.3 Å². The van der Waals surface area contributed by atoms with Gasteiger partial charge in [0.1, 0.15) is 6.07 Å². The van der Waals surface area contributed by atoms with Gasteiger partial charge in [-0.15, -0.1) is 0 Å². The van der Waals surface area contributed by atoms with Gasteiger partial charge >= 0.3 is 0 Å². The zero-order valence-electron chi connectivity index (χ0n) is 20.4. The summed E-state index contributed by atoms with van der Waals surface area (Å²) in [6.45, 7) is 10.1. The molecule has 0 bridgehead atoms. The van der Waals surface area contributed by atoms with E-state index in [1.165, 1.54) is 16.8 Å². The first-order chi connectivity index (χ1) is 16.9. The van der Waals surface area contributed by atoms with Crippen LogP contribution in [0.25, 0.3) is 10.9 Å². The summed E-state index contributed by atoms with van der Waals surface area (Å²) in [5.74, 6) is 0. The average molecular weight is 469 g/mol. The highest BCUT2D eigenvalue weighted by molar-refractivity contribution is 5.95. The van der Waals surface area contributed by atoms with Crippen LogP contribution >= 0.6 is 0 Å². The van der Waals surface area contributed by atoms with E-state index in [-0.39, 0.29) is 0 Å². The van der Waals surface area contributed by atoms with E-state index in [1.54, 1.807) is 6.20 Å². The topological polar surface area (TPSA) is 78.7 Å². The number of aliphatic hydroxyl groups is 1. The van der Waals surface area contributed by atoms with Gasteiger partial charge in [-0.05, 0) is 61.4 Å². The number of nitriles is 1. The Morgan fingerprint density at radius 1 is 1.17 bits per heavy atom. The van der Waals surface area contributed by atoms with Gasteiger partial charge < -0.3 is 20.2 Å². The molecule has 0 spiro atoms. The van der Waals surface area contributed by atoms with E-state index < -0.39 is 5.60 Å². The summed E-state index contributed by atoms with van der Waals surface area (Å²) in [4.78, 5) is 11.9. The van der Waals surface area contributed by atoms with Gasteiger partial charge in [-0.1, -0.05) is 6.07 Å². The second-order valence-corrected chi connectivity index (χ2v) is 10.6. The number of fused-ring (bicyclic) bond motifs is 4. The fourth-order valence-corrected chi connectivity index (χ4v) is 6.17. The Labute approximate surface area is 206 Å².